The summed E-state index contributed by atoms with van der Waals surface area (Å²) >= 11 is 0. The average molecular weight is 547 g/mol. The summed E-state index contributed by atoms with van der Waals surface area (Å²) in [6, 6.07) is 10.6. The van der Waals surface area contributed by atoms with Crippen molar-refractivity contribution in [3.63, 3.8) is 0 Å². The van der Waals surface area contributed by atoms with Crippen LogP contribution >= 0.6 is 0 Å². The van der Waals surface area contributed by atoms with Gasteiger partial charge in [-0.25, -0.2) is 14.4 Å². The van der Waals surface area contributed by atoms with Gasteiger partial charge < -0.3 is 19.7 Å². The molecular formula is C32H35FN2O5. The number of rotatable bonds is 8. The standard InChI is InChI=1S/C32H35FN2O5/c1-17-23(9-11-27(35-17)40-22-7-5-21(6-8-22)32(2,3)38)18-4-10-26(33)20(12-18)16-39-28-14-19-13-24-29(25(19)15-34-28)30(24)31(36)37/h4,9-12,14-15,21-22,24,29-30,38H,5-8,13,16H2,1-3H3,(H,36,37). The van der Waals surface area contributed by atoms with Crippen molar-refractivity contribution in [1.29, 1.82) is 0 Å². The third-order valence-corrected chi connectivity index (χ3v) is 9.02. The van der Waals surface area contributed by atoms with Gasteiger partial charge in [0.2, 0.25) is 11.8 Å². The third kappa shape index (κ3) is 5.17. The van der Waals surface area contributed by atoms with E-state index in [0.717, 1.165) is 53.6 Å². The first-order chi connectivity index (χ1) is 19.1. The van der Waals surface area contributed by atoms with Crippen molar-refractivity contribution in [2.24, 2.45) is 17.8 Å². The summed E-state index contributed by atoms with van der Waals surface area (Å²) in [7, 11) is 0. The second-order valence-electron chi connectivity index (χ2n) is 12.1. The van der Waals surface area contributed by atoms with Gasteiger partial charge in [-0.15, -0.1) is 0 Å². The first-order valence-electron chi connectivity index (χ1n) is 14.1. The Morgan fingerprint density at radius 3 is 2.58 bits per heavy atom. The fourth-order valence-corrected chi connectivity index (χ4v) is 6.66. The highest BCUT2D eigenvalue weighted by molar-refractivity contribution is 5.77. The molecule has 2 fully saturated rings. The molecule has 0 saturated heterocycles. The first-order valence-corrected chi connectivity index (χ1v) is 14.1. The van der Waals surface area contributed by atoms with Gasteiger partial charge in [-0.1, -0.05) is 6.07 Å². The molecule has 2 heterocycles. The maximum absolute atomic E-state index is 14.7. The van der Waals surface area contributed by atoms with Crippen molar-refractivity contribution in [3.05, 3.63) is 70.8 Å². The molecule has 210 valence electrons. The number of carboxylic acids is 1. The van der Waals surface area contributed by atoms with Gasteiger partial charge in [-0.3, -0.25) is 4.79 Å². The molecule has 3 atom stereocenters. The second kappa shape index (κ2) is 10.1. The maximum Gasteiger partial charge on any atom is 0.307 e. The van der Waals surface area contributed by atoms with Crippen LogP contribution in [-0.4, -0.2) is 37.9 Å². The fourth-order valence-electron chi connectivity index (χ4n) is 6.66. The number of aliphatic carboxylic acids is 1. The first kappa shape index (κ1) is 26.7. The summed E-state index contributed by atoms with van der Waals surface area (Å²) in [6.07, 6.45) is 6.15. The van der Waals surface area contributed by atoms with Crippen LogP contribution in [0.3, 0.4) is 0 Å². The molecule has 2 saturated carbocycles. The van der Waals surface area contributed by atoms with Crippen molar-refractivity contribution < 1.29 is 28.9 Å². The summed E-state index contributed by atoms with van der Waals surface area (Å²) in [5.41, 5.74) is 4.34. The molecule has 1 aromatic carbocycles. The lowest BCUT2D eigenvalue weighted by Gasteiger charge is -2.35. The Hall–Kier alpha value is -3.52. The number of halogens is 1. The van der Waals surface area contributed by atoms with Crippen LogP contribution in [0, 0.1) is 30.5 Å². The molecule has 3 aliphatic carbocycles. The highest BCUT2D eigenvalue weighted by Crippen LogP contribution is 2.61. The molecule has 7 nitrogen and oxygen atoms in total. The molecule has 8 heteroatoms. The van der Waals surface area contributed by atoms with Crippen LogP contribution in [-0.2, 0) is 17.8 Å². The van der Waals surface area contributed by atoms with Crippen LogP contribution < -0.4 is 9.47 Å². The van der Waals surface area contributed by atoms with Crippen molar-refractivity contribution in [2.75, 3.05) is 0 Å². The summed E-state index contributed by atoms with van der Waals surface area (Å²) in [5, 5.41) is 19.6. The molecule has 2 aromatic heterocycles. The molecule has 0 radical (unpaired) electrons. The monoisotopic (exact) mass is 546 g/mol. The van der Waals surface area contributed by atoms with E-state index in [-0.39, 0.29) is 42.2 Å². The predicted octanol–water partition coefficient (Wildman–Crippen LogP) is 5.85. The largest absolute Gasteiger partial charge is 0.481 e. The van der Waals surface area contributed by atoms with E-state index < -0.39 is 11.6 Å². The minimum absolute atomic E-state index is 0.0249. The Morgan fingerprint density at radius 1 is 1.10 bits per heavy atom. The van der Waals surface area contributed by atoms with Crippen LogP contribution in [0.25, 0.3) is 11.1 Å². The topological polar surface area (TPSA) is 102 Å². The predicted molar refractivity (Wildman–Crippen MR) is 147 cm³/mol. The van der Waals surface area contributed by atoms with Gasteiger partial charge in [0.1, 0.15) is 18.5 Å². The normalized spacial score (nSPS) is 25.2. The van der Waals surface area contributed by atoms with E-state index in [4.69, 9.17) is 9.47 Å². The van der Waals surface area contributed by atoms with E-state index in [1.807, 2.05) is 39.0 Å². The lowest BCUT2D eigenvalue weighted by atomic mass is 9.78. The molecule has 6 rings (SSSR count). The van der Waals surface area contributed by atoms with Gasteiger partial charge in [-0.2, -0.15) is 0 Å². The van der Waals surface area contributed by atoms with Crippen LogP contribution in [0.2, 0.25) is 0 Å². The van der Waals surface area contributed by atoms with Gasteiger partial charge >= 0.3 is 5.97 Å². The van der Waals surface area contributed by atoms with Crippen molar-refractivity contribution >= 4 is 5.97 Å². The number of benzene rings is 1. The van der Waals surface area contributed by atoms with Gasteiger partial charge in [-0.05, 0) is 99.6 Å². The molecule has 3 aliphatic rings. The lowest BCUT2D eigenvalue weighted by molar-refractivity contribution is -0.139. The van der Waals surface area contributed by atoms with Crippen LogP contribution in [0.1, 0.15) is 67.8 Å². The van der Waals surface area contributed by atoms with E-state index in [2.05, 4.69) is 9.97 Å². The quantitative estimate of drug-likeness (QED) is 0.366. The van der Waals surface area contributed by atoms with E-state index in [0.29, 0.717) is 23.7 Å². The molecule has 0 aliphatic heterocycles. The number of aliphatic hydroxyl groups is 1. The molecule has 3 unspecified atom stereocenters. The highest BCUT2D eigenvalue weighted by Gasteiger charge is 2.59. The number of pyridine rings is 2. The molecule has 0 amide bonds. The number of ether oxygens (including phenoxy) is 2. The summed E-state index contributed by atoms with van der Waals surface area (Å²) in [4.78, 5) is 20.4. The minimum Gasteiger partial charge on any atom is -0.481 e. The summed E-state index contributed by atoms with van der Waals surface area (Å²) < 4.78 is 26.7. The maximum atomic E-state index is 14.7. The van der Waals surface area contributed by atoms with Gasteiger partial charge in [0.25, 0.3) is 0 Å². The number of fused-ring (bicyclic) bond motifs is 3. The van der Waals surface area contributed by atoms with E-state index in [1.165, 1.54) is 6.07 Å². The van der Waals surface area contributed by atoms with Crippen LogP contribution in [0.4, 0.5) is 4.39 Å². The van der Waals surface area contributed by atoms with E-state index >= 15 is 0 Å². The zero-order valence-corrected chi connectivity index (χ0v) is 23.1. The third-order valence-electron chi connectivity index (χ3n) is 9.02. The Morgan fingerprint density at radius 2 is 1.88 bits per heavy atom. The van der Waals surface area contributed by atoms with Crippen LogP contribution in [0.15, 0.2) is 42.6 Å². The smallest absolute Gasteiger partial charge is 0.307 e. The Bertz CT molecular complexity index is 1440. The number of aromatic nitrogens is 2. The molecular weight excluding hydrogens is 511 g/mol. The Balaban J connectivity index is 1.10. The fraction of sp³-hybridized carbons (Fsp3) is 0.469. The molecule has 2 N–H and O–H groups in total. The van der Waals surface area contributed by atoms with Crippen molar-refractivity contribution in [2.45, 2.75) is 77.1 Å². The average Bonchev–Trinajstić information content (AvgIpc) is 3.50. The van der Waals surface area contributed by atoms with Gasteiger partial charge in [0, 0.05) is 41.1 Å². The van der Waals surface area contributed by atoms with E-state index in [9.17, 15) is 19.4 Å². The lowest BCUT2D eigenvalue weighted by Crippen LogP contribution is -2.36. The van der Waals surface area contributed by atoms with E-state index in [1.54, 1.807) is 18.3 Å². The van der Waals surface area contributed by atoms with Gasteiger partial charge in [0.15, 0.2) is 0 Å². The number of hydrogen-bond donors (Lipinski definition) is 2. The Labute approximate surface area is 233 Å². The minimum atomic E-state index is -0.741. The SMILES string of the molecule is Cc1nc(OC2CCC(C(C)(C)O)CC2)ccc1-c1ccc(F)c(COc2cc3c(cn2)C2C(C3)C2C(=O)O)c1. The summed E-state index contributed by atoms with van der Waals surface area (Å²) in [6.45, 7) is 5.69. The highest BCUT2D eigenvalue weighted by atomic mass is 19.1. The molecule has 3 aromatic rings. The molecule has 0 spiro atoms. The number of carbonyl (C=O) groups is 1. The number of hydrogen-bond acceptors (Lipinski definition) is 6. The number of carboxylic acid groups (broad SMARTS) is 1. The molecule has 40 heavy (non-hydrogen) atoms. The van der Waals surface area contributed by atoms with Crippen molar-refractivity contribution in [3.8, 4) is 22.9 Å². The molecule has 0 bridgehead atoms. The zero-order chi connectivity index (χ0) is 28.2. The second-order valence-corrected chi connectivity index (χ2v) is 12.1. The van der Waals surface area contributed by atoms with Crippen LogP contribution in [0.5, 0.6) is 11.8 Å². The zero-order valence-electron chi connectivity index (χ0n) is 23.1. The van der Waals surface area contributed by atoms with Crippen molar-refractivity contribution in [1.82, 2.24) is 9.97 Å². The number of nitrogens with zero attached hydrogens (tertiary/aromatic N) is 2. The summed E-state index contributed by atoms with van der Waals surface area (Å²) in [5.74, 6) is 0.0949. The van der Waals surface area contributed by atoms with Gasteiger partial charge in [0.05, 0.1) is 11.5 Å². The Kier molecular flexibility index (Phi) is 6.77. The number of aryl methyl sites for hydroxylation is 1.